The van der Waals surface area contributed by atoms with Gasteiger partial charge in [0, 0.05) is 0 Å². The number of hydrogen-bond acceptors (Lipinski definition) is 4. The average Bonchev–Trinajstić information content (AvgIpc) is 2.78. The van der Waals surface area contributed by atoms with Crippen molar-refractivity contribution in [3.8, 4) is 11.5 Å². The van der Waals surface area contributed by atoms with Crippen molar-refractivity contribution in [1.82, 2.24) is 5.43 Å². The molecule has 0 saturated heterocycles. The largest absolute Gasteiger partial charge is 0.496 e. The average molecular weight is 388 g/mol. The Bertz CT molecular complexity index is 938. The van der Waals surface area contributed by atoms with Crippen molar-refractivity contribution in [2.75, 3.05) is 13.7 Å². The molecule has 0 spiro atoms. The zero-order valence-electron chi connectivity index (χ0n) is 16.4. The highest BCUT2D eigenvalue weighted by molar-refractivity contribution is 5.97. The van der Waals surface area contributed by atoms with Gasteiger partial charge in [0.05, 0.1) is 25.5 Å². The highest BCUT2D eigenvalue weighted by Gasteiger charge is 2.09. The van der Waals surface area contributed by atoms with Crippen molar-refractivity contribution in [3.05, 3.63) is 95.6 Å². The van der Waals surface area contributed by atoms with Crippen molar-refractivity contribution >= 4 is 12.1 Å². The third-order valence-corrected chi connectivity index (χ3v) is 4.33. The molecule has 0 aliphatic rings. The van der Waals surface area contributed by atoms with E-state index in [1.165, 1.54) is 12.7 Å². The van der Waals surface area contributed by atoms with Crippen LogP contribution in [0.1, 0.15) is 27.9 Å². The zero-order chi connectivity index (χ0) is 20.3. The van der Waals surface area contributed by atoms with E-state index in [1.807, 2.05) is 36.4 Å². The van der Waals surface area contributed by atoms with Crippen LogP contribution in [0.25, 0.3) is 0 Å². The van der Waals surface area contributed by atoms with Crippen molar-refractivity contribution in [2.24, 2.45) is 5.10 Å². The molecule has 1 amide bonds. The molecule has 0 aliphatic carbocycles. The summed E-state index contributed by atoms with van der Waals surface area (Å²) in [6, 6.07) is 25.0. The molecule has 0 aliphatic heterocycles. The van der Waals surface area contributed by atoms with E-state index in [2.05, 4.69) is 34.8 Å². The Balaban J connectivity index is 1.44. The van der Waals surface area contributed by atoms with Gasteiger partial charge in [-0.2, -0.15) is 5.10 Å². The predicted molar refractivity (Wildman–Crippen MR) is 115 cm³/mol. The maximum atomic E-state index is 12.2. The maximum absolute atomic E-state index is 12.2. The van der Waals surface area contributed by atoms with Gasteiger partial charge in [-0.05, 0) is 60.4 Å². The van der Waals surface area contributed by atoms with Gasteiger partial charge in [-0.3, -0.25) is 4.79 Å². The number of rotatable bonds is 9. The lowest BCUT2D eigenvalue weighted by Crippen LogP contribution is -2.18. The first-order chi connectivity index (χ1) is 14.3. The molecular formula is C24H24N2O3. The molecular weight excluding hydrogens is 364 g/mol. The van der Waals surface area contributed by atoms with E-state index in [1.54, 1.807) is 24.4 Å². The van der Waals surface area contributed by atoms with Crippen molar-refractivity contribution in [2.45, 2.75) is 12.8 Å². The van der Waals surface area contributed by atoms with Gasteiger partial charge in [0.1, 0.15) is 11.5 Å². The summed E-state index contributed by atoms with van der Waals surface area (Å²) in [7, 11) is 1.53. The van der Waals surface area contributed by atoms with E-state index in [9.17, 15) is 4.79 Å². The summed E-state index contributed by atoms with van der Waals surface area (Å²) in [6.45, 7) is 0.664. The first kappa shape index (κ1) is 20.1. The molecule has 148 valence electrons. The smallest absolute Gasteiger partial charge is 0.275 e. The molecule has 0 atom stereocenters. The number of ether oxygens (including phenoxy) is 2. The van der Waals surface area contributed by atoms with Gasteiger partial charge in [-0.1, -0.05) is 42.5 Å². The van der Waals surface area contributed by atoms with Gasteiger partial charge in [-0.25, -0.2) is 5.43 Å². The maximum Gasteiger partial charge on any atom is 0.275 e. The summed E-state index contributed by atoms with van der Waals surface area (Å²) in [5.41, 5.74) is 5.13. The molecule has 0 heterocycles. The van der Waals surface area contributed by atoms with Gasteiger partial charge < -0.3 is 9.47 Å². The van der Waals surface area contributed by atoms with Crippen LogP contribution in [0.4, 0.5) is 0 Å². The molecule has 0 fully saturated rings. The summed E-state index contributed by atoms with van der Waals surface area (Å²) in [6.07, 6.45) is 3.55. The van der Waals surface area contributed by atoms with Crippen LogP contribution in [0.15, 0.2) is 84.0 Å². The lowest BCUT2D eigenvalue weighted by Gasteiger charge is -2.07. The highest BCUT2D eigenvalue weighted by Crippen LogP contribution is 2.17. The van der Waals surface area contributed by atoms with Crippen molar-refractivity contribution in [1.29, 1.82) is 0 Å². The second-order valence-corrected chi connectivity index (χ2v) is 6.41. The molecule has 0 bridgehead atoms. The van der Waals surface area contributed by atoms with E-state index in [0.717, 1.165) is 24.2 Å². The summed E-state index contributed by atoms with van der Waals surface area (Å²) in [5.74, 6) is 0.999. The van der Waals surface area contributed by atoms with Crippen LogP contribution < -0.4 is 14.9 Å². The van der Waals surface area contributed by atoms with Crippen LogP contribution >= 0.6 is 0 Å². The number of aryl methyl sites for hydroxylation is 1. The van der Waals surface area contributed by atoms with E-state index in [-0.39, 0.29) is 5.91 Å². The van der Waals surface area contributed by atoms with E-state index >= 15 is 0 Å². The Labute approximate surface area is 171 Å². The van der Waals surface area contributed by atoms with Gasteiger partial charge in [0.2, 0.25) is 0 Å². The molecule has 1 N–H and O–H groups in total. The van der Waals surface area contributed by atoms with Crippen LogP contribution in [0.2, 0.25) is 0 Å². The molecule has 29 heavy (non-hydrogen) atoms. The van der Waals surface area contributed by atoms with Crippen LogP contribution in [0.5, 0.6) is 11.5 Å². The number of carbonyl (C=O) groups excluding carboxylic acids is 1. The summed E-state index contributed by atoms with van der Waals surface area (Å²) >= 11 is 0. The number of carbonyl (C=O) groups is 1. The zero-order valence-corrected chi connectivity index (χ0v) is 16.4. The number of amides is 1. The fourth-order valence-corrected chi connectivity index (χ4v) is 2.82. The summed E-state index contributed by atoms with van der Waals surface area (Å²) in [5, 5.41) is 4.01. The van der Waals surface area contributed by atoms with E-state index in [0.29, 0.717) is 17.9 Å². The highest BCUT2D eigenvalue weighted by atomic mass is 16.5. The minimum absolute atomic E-state index is 0.322. The Morgan fingerprint density at radius 2 is 1.69 bits per heavy atom. The summed E-state index contributed by atoms with van der Waals surface area (Å²) < 4.78 is 11.0. The molecule has 3 aromatic rings. The quantitative estimate of drug-likeness (QED) is 0.334. The first-order valence-corrected chi connectivity index (χ1v) is 9.49. The number of nitrogens with one attached hydrogen (secondary N) is 1. The van der Waals surface area contributed by atoms with Crippen LogP contribution in [0, 0.1) is 0 Å². The molecule has 0 unspecified atom stereocenters. The number of methoxy groups -OCH3 is 1. The van der Waals surface area contributed by atoms with E-state index < -0.39 is 0 Å². The number of hydrogen-bond donors (Lipinski definition) is 1. The Morgan fingerprint density at radius 3 is 2.45 bits per heavy atom. The fourth-order valence-electron chi connectivity index (χ4n) is 2.82. The second kappa shape index (κ2) is 10.7. The molecule has 0 radical (unpaired) electrons. The van der Waals surface area contributed by atoms with E-state index in [4.69, 9.17) is 9.47 Å². The molecule has 5 heteroatoms. The SMILES string of the molecule is COc1ccccc1C(=O)N/N=C/c1ccc(OCCCc2ccccc2)cc1. The minimum atomic E-state index is -0.322. The number of benzene rings is 3. The monoisotopic (exact) mass is 388 g/mol. The molecule has 3 aromatic carbocycles. The number of hydrazone groups is 1. The molecule has 0 aromatic heterocycles. The Kier molecular flexibility index (Phi) is 7.41. The fraction of sp³-hybridized carbons (Fsp3) is 0.167. The third-order valence-electron chi connectivity index (χ3n) is 4.33. The number of nitrogens with zero attached hydrogens (tertiary/aromatic N) is 1. The lowest BCUT2D eigenvalue weighted by molar-refractivity contribution is 0.0952. The first-order valence-electron chi connectivity index (χ1n) is 9.49. The van der Waals surface area contributed by atoms with Crippen molar-refractivity contribution in [3.63, 3.8) is 0 Å². The summed E-state index contributed by atoms with van der Waals surface area (Å²) in [4.78, 5) is 12.2. The van der Waals surface area contributed by atoms with Crippen LogP contribution in [-0.2, 0) is 6.42 Å². The topological polar surface area (TPSA) is 59.9 Å². The molecule has 3 rings (SSSR count). The molecule has 5 nitrogen and oxygen atoms in total. The van der Waals surface area contributed by atoms with Crippen molar-refractivity contribution < 1.29 is 14.3 Å². The number of para-hydroxylation sites is 1. The Morgan fingerprint density at radius 1 is 0.966 bits per heavy atom. The standard InChI is InChI=1S/C24H24N2O3/c1-28-23-12-6-5-11-22(23)24(27)26-25-18-20-13-15-21(16-14-20)29-17-7-10-19-8-3-2-4-9-19/h2-6,8-9,11-16,18H,7,10,17H2,1H3,(H,26,27)/b25-18+. The second-order valence-electron chi connectivity index (χ2n) is 6.41. The van der Waals surface area contributed by atoms with Crippen LogP contribution in [0.3, 0.4) is 0 Å². The molecule has 0 saturated carbocycles. The Hall–Kier alpha value is -3.60. The third kappa shape index (κ3) is 6.21. The predicted octanol–water partition coefficient (Wildman–Crippen LogP) is 4.47. The minimum Gasteiger partial charge on any atom is -0.496 e. The normalized spacial score (nSPS) is 10.7. The van der Waals surface area contributed by atoms with Gasteiger partial charge >= 0.3 is 0 Å². The lowest BCUT2D eigenvalue weighted by atomic mass is 10.1. The van der Waals surface area contributed by atoms with Gasteiger partial charge in [-0.15, -0.1) is 0 Å². The van der Waals surface area contributed by atoms with Crippen LogP contribution in [-0.4, -0.2) is 25.8 Å². The van der Waals surface area contributed by atoms with Gasteiger partial charge in [0.25, 0.3) is 5.91 Å². The van der Waals surface area contributed by atoms with Gasteiger partial charge in [0.15, 0.2) is 0 Å².